The number of carbonyl (C=O) groups is 1. The minimum Gasteiger partial charge on any atom is -0.497 e. The number of hydrogen-bond acceptors (Lipinski definition) is 7. The second-order valence-corrected chi connectivity index (χ2v) is 8.44. The number of anilines is 3. The van der Waals surface area contributed by atoms with Gasteiger partial charge in [-0.3, -0.25) is 10.2 Å². The number of likely N-dealkylation sites (tertiary alicyclic amines) is 1. The predicted octanol–water partition coefficient (Wildman–Crippen LogP) is 4.51. The Hall–Kier alpha value is -4.07. The zero-order valence-corrected chi connectivity index (χ0v) is 21.7. The first-order chi connectivity index (χ1) is 17.4. The number of hydrogen-bond donors (Lipinski definition) is 3. The minimum atomic E-state index is 0.342. The van der Waals surface area contributed by atoms with Gasteiger partial charge in [0.05, 0.1) is 12.8 Å². The third-order valence-electron chi connectivity index (χ3n) is 5.68. The van der Waals surface area contributed by atoms with Crippen molar-refractivity contribution in [2.24, 2.45) is 0 Å². The maximum absolute atomic E-state index is 10.1. The lowest BCUT2D eigenvalue weighted by atomic mass is 10.0. The molecule has 8 nitrogen and oxygen atoms in total. The van der Waals surface area contributed by atoms with Gasteiger partial charge in [0.15, 0.2) is 0 Å². The molecule has 4 rings (SSSR count). The Morgan fingerprint density at radius 3 is 2.31 bits per heavy atom. The zero-order valence-electron chi connectivity index (χ0n) is 21.7. The van der Waals surface area contributed by atoms with E-state index in [1.807, 2.05) is 44.2 Å². The molecule has 1 saturated heterocycles. The van der Waals surface area contributed by atoms with E-state index in [2.05, 4.69) is 39.5 Å². The molecule has 1 fully saturated rings. The van der Waals surface area contributed by atoms with E-state index in [0.717, 1.165) is 36.5 Å². The van der Waals surface area contributed by atoms with E-state index in [-0.39, 0.29) is 0 Å². The van der Waals surface area contributed by atoms with Crippen molar-refractivity contribution in [1.29, 1.82) is 5.41 Å². The second kappa shape index (κ2) is 15.0. The van der Waals surface area contributed by atoms with Crippen LogP contribution in [-0.2, 0) is 4.79 Å². The van der Waals surface area contributed by atoms with E-state index in [0.29, 0.717) is 17.1 Å². The van der Waals surface area contributed by atoms with Crippen LogP contribution in [-0.4, -0.2) is 63.3 Å². The van der Waals surface area contributed by atoms with Gasteiger partial charge in [0.25, 0.3) is 0 Å². The van der Waals surface area contributed by atoms with E-state index in [9.17, 15) is 4.79 Å². The second-order valence-electron chi connectivity index (χ2n) is 8.44. The van der Waals surface area contributed by atoms with Gasteiger partial charge in [0.1, 0.15) is 11.6 Å². The van der Waals surface area contributed by atoms with Crippen LogP contribution < -0.4 is 20.7 Å². The summed E-state index contributed by atoms with van der Waals surface area (Å²) in [5, 5.41) is 11.2. The average molecular weight is 491 g/mol. The Labute approximate surface area is 214 Å². The molecule has 0 saturated carbocycles. The molecule has 8 heteroatoms. The van der Waals surface area contributed by atoms with Gasteiger partial charge in [-0.25, -0.2) is 4.98 Å². The van der Waals surface area contributed by atoms with Gasteiger partial charge in [-0.05, 0) is 67.8 Å². The molecule has 0 radical (unpaired) electrons. The Balaban J connectivity index is 0.000000206. The summed E-state index contributed by atoms with van der Waals surface area (Å²) in [5.74, 6) is 1.08. The molecule has 192 valence electrons. The number of piperidine rings is 1. The highest BCUT2D eigenvalue weighted by atomic mass is 16.5. The largest absolute Gasteiger partial charge is 0.497 e. The molecule has 2 aromatic carbocycles. The lowest BCUT2D eigenvalue weighted by Gasteiger charge is -2.21. The van der Waals surface area contributed by atoms with Crippen LogP contribution in [0.2, 0.25) is 0 Å². The maximum atomic E-state index is 10.1. The van der Waals surface area contributed by atoms with Gasteiger partial charge in [0, 0.05) is 62.9 Å². The van der Waals surface area contributed by atoms with E-state index >= 15 is 0 Å². The molecule has 3 aromatic rings. The molecule has 1 aliphatic heterocycles. The quantitative estimate of drug-likeness (QED) is 0.347. The Morgan fingerprint density at radius 2 is 1.78 bits per heavy atom. The Morgan fingerprint density at radius 1 is 1.08 bits per heavy atom. The van der Waals surface area contributed by atoms with Crippen molar-refractivity contribution in [3.63, 3.8) is 0 Å². The lowest BCUT2D eigenvalue weighted by molar-refractivity contribution is -0.118. The summed E-state index contributed by atoms with van der Waals surface area (Å²) in [5.41, 5.74) is 9.84. The number of nitrogens with zero attached hydrogens (tertiary/aromatic N) is 3. The monoisotopic (exact) mass is 490 g/mol. The first kappa shape index (κ1) is 28.2. The Kier molecular flexibility index (Phi) is 11.8. The number of amides is 1. The van der Waals surface area contributed by atoms with E-state index in [4.69, 9.17) is 15.9 Å². The third kappa shape index (κ3) is 8.94. The molecule has 1 aliphatic rings. The first-order valence-electron chi connectivity index (χ1n) is 12.0. The van der Waals surface area contributed by atoms with Gasteiger partial charge < -0.3 is 25.6 Å². The summed E-state index contributed by atoms with van der Waals surface area (Å²) >= 11 is 0. The fourth-order valence-electron chi connectivity index (χ4n) is 3.51. The van der Waals surface area contributed by atoms with Crippen LogP contribution in [0.1, 0.15) is 30.4 Å². The van der Waals surface area contributed by atoms with Gasteiger partial charge in [0.2, 0.25) is 6.41 Å². The summed E-state index contributed by atoms with van der Waals surface area (Å²) in [7, 11) is 7.59. The van der Waals surface area contributed by atoms with Gasteiger partial charge >= 0.3 is 0 Å². The number of benzene rings is 2. The number of nitrogens with two attached hydrogens (primary N) is 1. The highest BCUT2D eigenvalue weighted by Crippen LogP contribution is 2.18. The topological polar surface area (TPSA) is 108 Å². The number of aromatic nitrogens is 1. The maximum Gasteiger partial charge on any atom is 0.209 e. The van der Waals surface area contributed by atoms with Crippen LogP contribution in [0.25, 0.3) is 0 Å². The number of methoxy groups -OCH3 is 1. The number of carbonyl (C=O) groups excluding carboxylic acids is 1. The van der Waals surface area contributed by atoms with Crippen LogP contribution >= 0.6 is 0 Å². The smallest absolute Gasteiger partial charge is 0.209 e. The highest BCUT2D eigenvalue weighted by Gasteiger charge is 2.09. The number of rotatable bonds is 6. The molecule has 2 heterocycles. The summed E-state index contributed by atoms with van der Waals surface area (Å²) in [6.07, 6.45) is 6.23. The van der Waals surface area contributed by atoms with Crippen LogP contribution in [0.15, 0.2) is 66.9 Å². The zero-order chi connectivity index (χ0) is 26.3. The summed E-state index contributed by atoms with van der Waals surface area (Å²) in [6, 6.07) is 19.2. The van der Waals surface area contributed by atoms with Crippen LogP contribution in [0.5, 0.6) is 5.75 Å². The molecule has 0 aliphatic carbocycles. The van der Waals surface area contributed by atoms with E-state index in [1.54, 1.807) is 31.5 Å². The SMILES string of the molecule is CNc1ccc(N(C)C)cc1.COc1cccc(C(=N)c2cccnc2N)c1.O=CN1CCCCC1. The van der Waals surface area contributed by atoms with Crippen molar-refractivity contribution in [3.8, 4) is 5.75 Å². The molecular formula is C28H38N6O2. The first-order valence-corrected chi connectivity index (χ1v) is 12.0. The van der Waals surface area contributed by atoms with Crippen molar-refractivity contribution in [2.75, 3.05) is 57.3 Å². The fraction of sp³-hybridized carbons (Fsp3) is 0.321. The predicted molar refractivity (Wildman–Crippen MR) is 149 cm³/mol. The highest BCUT2D eigenvalue weighted by molar-refractivity contribution is 6.13. The number of nitrogen functional groups attached to an aromatic ring is 1. The molecule has 0 bridgehead atoms. The van der Waals surface area contributed by atoms with Crippen molar-refractivity contribution in [1.82, 2.24) is 9.88 Å². The molecule has 1 amide bonds. The molecule has 0 spiro atoms. The third-order valence-corrected chi connectivity index (χ3v) is 5.68. The van der Waals surface area contributed by atoms with Crippen molar-refractivity contribution in [3.05, 3.63) is 78.0 Å². The van der Waals surface area contributed by atoms with E-state index in [1.165, 1.54) is 24.9 Å². The Bertz CT molecular complexity index is 1080. The van der Waals surface area contributed by atoms with Gasteiger partial charge in [-0.2, -0.15) is 0 Å². The summed E-state index contributed by atoms with van der Waals surface area (Å²) < 4.78 is 5.13. The normalized spacial score (nSPS) is 12.2. The van der Waals surface area contributed by atoms with Crippen molar-refractivity contribution < 1.29 is 9.53 Å². The molecule has 4 N–H and O–H groups in total. The summed E-state index contributed by atoms with van der Waals surface area (Å²) in [4.78, 5) is 18.0. The molecule has 1 aromatic heterocycles. The summed E-state index contributed by atoms with van der Waals surface area (Å²) in [6.45, 7) is 1.95. The van der Waals surface area contributed by atoms with Crippen molar-refractivity contribution >= 4 is 29.3 Å². The molecular weight excluding hydrogens is 452 g/mol. The van der Waals surface area contributed by atoms with Gasteiger partial charge in [-0.1, -0.05) is 12.1 Å². The lowest BCUT2D eigenvalue weighted by Crippen LogP contribution is -2.27. The molecule has 0 unspecified atom stereocenters. The molecule has 36 heavy (non-hydrogen) atoms. The van der Waals surface area contributed by atoms with Crippen LogP contribution in [0, 0.1) is 5.41 Å². The standard InChI is InChI=1S/C13H13N3O.C9H14N2.C6H11NO/c1-17-10-5-2-4-9(8-10)12(14)11-6-3-7-16-13(11)15;1-10-8-4-6-9(7-5-8)11(2)3;8-6-7-4-2-1-3-5-7/h2-8,14H,1H3,(H2,15,16);4-7,10H,1-3H3;6H,1-5H2. The average Bonchev–Trinajstić information content (AvgIpc) is 2.94. The minimum absolute atomic E-state index is 0.342. The van der Waals surface area contributed by atoms with Crippen molar-refractivity contribution in [2.45, 2.75) is 19.3 Å². The number of ether oxygens (including phenoxy) is 1. The van der Waals surface area contributed by atoms with Crippen LogP contribution in [0.4, 0.5) is 17.2 Å². The molecule has 0 atom stereocenters. The van der Waals surface area contributed by atoms with Crippen LogP contribution in [0.3, 0.4) is 0 Å². The van der Waals surface area contributed by atoms with Gasteiger partial charge in [-0.15, -0.1) is 0 Å². The fourth-order valence-corrected chi connectivity index (χ4v) is 3.51. The number of nitrogens with one attached hydrogen (secondary N) is 2. The van der Waals surface area contributed by atoms with E-state index < -0.39 is 0 Å². The number of pyridine rings is 1.